The average molecular weight is 290 g/mol. The van der Waals surface area contributed by atoms with E-state index in [0.717, 1.165) is 0 Å². The zero-order chi connectivity index (χ0) is 15.5. The molecule has 0 aromatic heterocycles. The van der Waals surface area contributed by atoms with Crippen LogP contribution in [0.2, 0.25) is 0 Å². The maximum absolute atomic E-state index is 11.2. The van der Waals surface area contributed by atoms with Crippen LogP contribution in [0.4, 0.5) is 14.4 Å². The van der Waals surface area contributed by atoms with E-state index in [9.17, 15) is 14.4 Å². The van der Waals surface area contributed by atoms with Crippen LogP contribution in [0.5, 0.6) is 0 Å². The van der Waals surface area contributed by atoms with E-state index in [1.807, 2.05) is 49.4 Å². The fraction of sp³-hybridized carbons (Fsp3) is 0.727. The van der Waals surface area contributed by atoms with Crippen molar-refractivity contribution < 1.29 is 23.9 Å². The molecule has 4 N–H and O–H groups in total. The van der Waals surface area contributed by atoms with E-state index < -0.39 is 18.2 Å². The van der Waals surface area contributed by atoms with Gasteiger partial charge in [0.25, 0.3) is 0 Å². The lowest BCUT2D eigenvalue weighted by Gasteiger charge is -2.11. The Hall–Kier alpha value is -2.19. The van der Waals surface area contributed by atoms with E-state index in [4.69, 9.17) is 9.47 Å². The highest BCUT2D eigenvalue weighted by atomic mass is 16.6. The monoisotopic (exact) mass is 290 g/mol. The molecule has 9 nitrogen and oxygen atoms in total. The molecule has 0 aliphatic rings. The zero-order valence-electron chi connectivity index (χ0n) is 12.1. The van der Waals surface area contributed by atoms with Crippen molar-refractivity contribution in [2.45, 2.75) is 27.7 Å². The molecule has 0 atom stereocenters. The summed E-state index contributed by atoms with van der Waals surface area (Å²) in [6.45, 7) is 7.96. The van der Waals surface area contributed by atoms with Crippen molar-refractivity contribution in [1.82, 2.24) is 21.7 Å². The third kappa shape index (κ3) is 10.9. The van der Waals surface area contributed by atoms with Crippen molar-refractivity contribution in [2.75, 3.05) is 13.2 Å². The summed E-state index contributed by atoms with van der Waals surface area (Å²) in [7, 11) is 0. The molecular weight excluding hydrogens is 268 g/mol. The number of hydrazine groups is 2. The fourth-order valence-electron chi connectivity index (χ4n) is 0.804. The summed E-state index contributed by atoms with van der Waals surface area (Å²) in [5.41, 5.74) is 7.96. The first-order valence-electron chi connectivity index (χ1n) is 6.22. The molecule has 0 unspecified atom stereocenters. The highest BCUT2D eigenvalue weighted by Crippen LogP contribution is 1.92. The van der Waals surface area contributed by atoms with Crippen LogP contribution in [-0.2, 0) is 9.47 Å². The van der Waals surface area contributed by atoms with Crippen molar-refractivity contribution in [3.8, 4) is 0 Å². The number of nitrogens with one attached hydrogen (secondary N) is 4. The number of carbonyl (C=O) groups is 3. The second-order valence-corrected chi connectivity index (χ2v) is 4.81. The minimum absolute atomic E-state index is 0.187. The number of carbonyl (C=O) groups excluding carboxylic acids is 3. The Morgan fingerprint density at radius 1 is 0.750 bits per heavy atom. The van der Waals surface area contributed by atoms with E-state index in [0.29, 0.717) is 0 Å². The van der Waals surface area contributed by atoms with Gasteiger partial charge in [0.15, 0.2) is 0 Å². The molecule has 0 saturated carbocycles. The Labute approximate surface area is 117 Å². The van der Waals surface area contributed by atoms with E-state index in [1.165, 1.54) is 0 Å². The molecule has 0 spiro atoms. The number of hydrogen-bond donors (Lipinski definition) is 4. The molecule has 4 amide bonds. The van der Waals surface area contributed by atoms with Crippen LogP contribution in [0.25, 0.3) is 0 Å². The quantitative estimate of drug-likeness (QED) is 0.573. The highest BCUT2D eigenvalue weighted by molar-refractivity contribution is 5.79. The largest absolute Gasteiger partial charge is 0.448 e. The second kappa shape index (κ2) is 9.70. The number of urea groups is 1. The summed E-state index contributed by atoms with van der Waals surface area (Å²) in [5, 5.41) is 0. The van der Waals surface area contributed by atoms with Crippen molar-refractivity contribution in [3.05, 3.63) is 0 Å². The number of ether oxygens (including phenoxy) is 2. The Bertz CT molecular complexity index is 303. The van der Waals surface area contributed by atoms with E-state index in [2.05, 4.69) is 0 Å². The first-order chi connectivity index (χ1) is 9.31. The van der Waals surface area contributed by atoms with Crippen LogP contribution in [0, 0.1) is 11.8 Å². The third-order valence-corrected chi connectivity index (χ3v) is 1.65. The smallest absolute Gasteiger partial charge is 0.426 e. The third-order valence-electron chi connectivity index (χ3n) is 1.65. The van der Waals surface area contributed by atoms with Crippen molar-refractivity contribution in [3.63, 3.8) is 0 Å². The maximum atomic E-state index is 11.2. The molecular formula is C11H22N4O5. The standard InChI is InChI=1S/C11H22N4O5/c1-7(2)5-19-10(17)14-12-9(16)13-15-11(18)20-6-8(3)4/h7-8H,5-6H2,1-4H3,(H,14,17)(H,15,18)(H2,12,13,16). The normalized spacial score (nSPS) is 9.90. The molecule has 0 aliphatic heterocycles. The second-order valence-electron chi connectivity index (χ2n) is 4.81. The van der Waals surface area contributed by atoms with Crippen LogP contribution in [0.15, 0.2) is 0 Å². The molecule has 0 bridgehead atoms. The van der Waals surface area contributed by atoms with Gasteiger partial charge < -0.3 is 9.47 Å². The summed E-state index contributed by atoms with van der Waals surface area (Å²) in [6, 6.07) is -0.840. The Morgan fingerprint density at radius 2 is 1.10 bits per heavy atom. The van der Waals surface area contributed by atoms with Gasteiger partial charge in [-0.15, -0.1) is 0 Å². The van der Waals surface area contributed by atoms with Gasteiger partial charge in [0.2, 0.25) is 0 Å². The lowest BCUT2D eigenvalue weighted by molar-refractivity contribution is 0.126. The van der Waals surface area contributed by atoms with Gasteiger partial charge in [-0.25, -0.2) is 36.1 Å². The molecule has 0 heterocycles. The Morgan fingerprint density at radius 3 is 1.40 bits per heavy atom. The van der Waals surface area contributed by atoms with Crippen LogP contribution >= 0.6 is 0 Å². The van der Waals surface area contributed by atoms with Crippen LogP contribution in [0.1, 0.15) is 27.7 Å². The first-order valence-corrected chi connectivity index (χ1v) is 6.22. The highest BCUT2D eigenvalue weighted by Gasteiger charge is 2.08. The van der Waals surface area contributed by atoms with E-state index in [-0.39, 0.29) is 25.0 Å². The average Bonchev–Trinajstić information content (AvgIpc) is 2.37. The summed E-state index contributed by atoms with van der Waals surface area (Å²) in [5.74, 6) is 0.374. The predicted octanol–water partition coefficient (Wildman–Crippen LogP) is 0.880. The van der Waals surface area contributed by atoms with E-state index >= 15 is 0 Å². The van der Waals surface area contributed by atoms with Crippen molar-refractivity contribution >= 4 is 18.2 Å². The molecule has 0 fully saturated rings. The Balaban J connectivity index is 3.68. The topological polar surface area (TPSA) is 118 Å². The molecule has 0 aliphatic carbocycles. The van der Waals surface area contributed by atoms with Gasteiger partial charge in [0.1, 0.15) is 0 Å². The van der Waals surface area contributed by atoms with E-state index in [1.54, 1.807) is 0 Å². The minimum atomic E-state index is -0.840. The van der Waals surface area contributed by atoms with Gasteiger partial charge in [-0.05, 0) is 11.8 Å². The van der Waals surface area contributed by atoms with Crippen LogP contribution in [-0.4, -0.2) is 31.4 Å². The van der Waals surface area contributed by atoms with Gasteiger partial charge in [-0.2, -0.15) is 0 Å². The van der Waals surface area contributed by atoms with Gasteiger partial charge in [-0.3, -0.25) is 0 Å². The van der Waals surface area contributed by atoms with Crippen LogP contribution < -0.4 is 21.7 Å². The van der Waals surface area contributed by atoms with Crippen molar-refractivity contribution in [1.29, 1.82) is 0 Å². The summed E-state index contributed by atoms with van der Waals surface area (Å²) >= 11 is 0. The van der Waals surface area contributed by atoms with Gasteiger partial charge in [0, 0.05) is 0 Å². The molecule has 0 aromatic rings. The summed E-state index contributed by atoms with van der Waals surface area (Å²) < 4.78 is 9.48. The number of amides is 4. The molecule has 20 heavy (non-hydrogen) atoms. The van der Waals surface area contributed by atoms with Crippen molar-refractivity contribution in [2.24, 2.45) is 11.8 Å². The minimum Gasteiger partial charge on any atom is -0.448 e. The first kappa shape index (κ1) is 17.8. The molecule has 0 rings (SSSR count). The Kier molecular flexibility index (Phi) is 8.64. The molecule has 116 valence electrons. The SMILES string of the molecule is CC(C)COC(=O)NNC(=O)NNC(=O)OCC(C)C. The number of hydrogen-bond acceptors (Lipinski definition) is 5. The van der Waals surface area contributed by atoms with Gasteiger partial charge in [-0.1, -0.05) is 27.7 Å². The summed E-state index contributed by atoms with van der Waals surface area (Å²) in [6.07, 6.45) is -1.59. The molecule has 0 aromatic carbocycles. The fourth-order valence-corrected chi connectivity index (χ4v) is 0.804. The summed E-state index contributed by atoms with van der Waals surface area (Å²) in [4.78, 5) is 33.3. The lowest BCUT2D eigenvalue weighted by Crippen LogP contribution is -2.52. The lowest BCUT2D eigenvalue weighted by atomic mass is 10.2. The van der Waals surface area contributed by atoms with Crippen LogP contribution in [0.3, 0.4) is 0 Å². The predicted molar refractivity (Wildman–Crippen MR) is 70.3 cm³/mol. The van der Waals surface area contributed by atoms with Gasteiger partial charge >= 0.3 is 18.2 Å². The molecule has 0 radical (unpaired) electrons. The molecule has 9 heteroatoms. The number of rotatable bonds is 4. The molecule has 0 saturated heterocycles. The zero-order valence-corrected chi connectivity index (χ0v) is 12.1. The maximum Gasteiger partial charge on any atom is 0.426 e. The van der Waals surface area contributed by atoms with Gasteiger partial charge in [0.05, 0.1) is 13.2 Å².